The molecule has 4 aromatic rings. The summed E-state index contributed by atoms with van der Waals surface area (Å²) in [7, 11) is 0.926. The van der Waals surface area contributed by atoms with Crippen LogP contribution in [0.3, 0.4) is 0 Å². The molecule has 0 aliphatic carbocycles. The Balaban J connectivity index is 1.44. The number of halogens is 1. The molecule has 1 saturated heterocycles. The van der Waals surface area contributed by atoms with E-state index in [9.17, 15) is 4.79 Å². The third kappa shape index (κ3) is 4.79. The van der Waals surface area contributed by atoms with E-state index in [1.165, 1.54) is 17.5 Å². The summed E-state index contributed by atoms with van der Waals surface area (Å²) in [4.78, 5) is 31.7. The molecule has 0 unspecified atom stereocenters. The lowest BCUT2D eigenvalue weighted by molar-refractivity contribution is 0.00578. The van der Waals surface area contributed by atoms with Crippen molar-refractivity contribution in [2.45, 2.75) is 45.8 Å². The molecule has 5 rings (SSSR count). The molecule has 0 bridgehead atoms. The molecule has 190 valence electrons. The summed E-state index contributed by atoms with van der Waals surface area (Å²) in [6, 6.07) is 7.07. The van der Waals surface area contributed by atoms with E-state index in [0.717, 1.165) is 5.69 Å². The number of anilines is 1. The van der Waals surface area contributed by atoms with Crippen molar-refractivity contribution < 1.29 is 18.8 Å². The lowest BCUT2D eigenvalue weighted by Gasteiger charge is -2.32. The summed E-state index contributed by atoms with van der Waals surface area (Å²) in [5.74, 6) is 0.211. The van der Waals surface area contributed by atoms with Crippen LogP contribution >= 0.6 is 22.9 Å². The van der Waals surface area contributed by atoms with E-state index in [0.29, 0.717) is 48.7 Å². The van der Waals surface area contributed by atoms with E-state index in [1.54, 1.807) is 31.5 Å². The van der Waals surface area contributed by atoms with E-state index in [4.69, 9.17) is 25.6 Å². The van der Waals surface area contributed by atoms with Crippen LogP contribution in [0.1, 0.15) is 43.7 Å². The zero-order valence-electron chi connectivity index (χ0n) is 21.2. The number of nitrogens with zero attached hydrogens (tertiary/aromatic N) is 4. The maximum atomic E-state index is 13.4. The Kier molecular flexibility index (Phi) is 6.43. The first-order valence-electron chi connectivity index (χ1n) is 11.6. The maximum Gasteiger partial charge on any atom is 0.516 e. The van der Waals surface area contributed by atoms with Crippen molar-refractivity contribution >= 4 is 57.2 Å². The van der Waals surface area contributed by atoms with Crippen molar-refractivity contribution in [3.8, 4) is 16.9 Å². The van der Waals surface area contributed by atoms with Crippen LogP contribution in [0.2, 0.25) is 5.02 Å². The number of pyridine rings is 1. The average Bonchev–Trinajstić information content (AvgIpc) is 3.33. The van der Waals surface area contributed by atoms with Crippen molar-refractivity contribution in [1.82, 2.24) is 19.9 Å². The van der Waals surface area contributed by atoms with Crippen LogP contribution in [0.5, 0.6) is 5.75 Å². The Morgan fingerprint density at radius 2 is 1.78 bits per heavy atom. The first-order chi connectivity index (χ1) is 17.5. The number of carbonyl (C=O) groups excluding carboxylic acids is 1. The summed E-state index contributed by atoms with van der Waals surface area (Å²) in [6.07, 6.45) is 3.11. The van der Waals surface area contributed by atoms with E-state index in [-0.39, 0.29) is 5.91 Å². The molecule has 1 N–H and O–H groups in total. The van der Waals surface area contributed by atoms with Gasteiger partial charge in [-0.25, -0.2) is 9.97 Å². The second-order valence-corrected chi connectivity index (χ2v) is 11.1. The number of rotatable bonds is 5. The van der Waals surface area contributed by atoms with Gasteiger partial charge in [-0.3, -0.25) is 15.1 Å². The van der Waals surface area contributed by atoms with E-state index < -0.39 is 18.3 Å². The highest BCUT2D eigenvalue weighted by atomic mass is 35.5. The summed E-state index contributed by atoms with van der Waals surface area (Å²) in [6.45, 7) is 9.77. The third-order valence-electron chi connectivity index (χ3n) is 6.59. The number of carbonyl (C=O) groups is 1. The van der Waals surface area contributed by atoms with E-state index in [2.05, 4.69) is 25.3 Å². The molecule has 0 atom stereocenters. The van der Waals surface area contributed by atoms with Gasteiger partial charge in [-0.1, -0.05) is 22.9 Å². The Bertz CT molecular complexity index is 1510. The van der Waals surface area contributed by atoms with Crippen molar-refractivity contribution in [3.63, 3.8) is 0 Å². The molecule has 1 amide bonds. The van der Waals surface area contributed by atoms with Crippen LogP contribution in [0.15, 0.2) is 36.7 Å². The molecule has 4 heterocycles. The number of benzene rings is 1. The standard InChI is InChI=1S/C25H25BClN5O4S/c1-13-9-15(16-10-14(27)7-8-18(16)34-6)17(11-28-13)21(33)32-23-31-20-22(37-23)30-19(12-29-20)26-35-24(2,3)25(4,5)36-26/h7-12H,1-6H3,(H,29,31,32,33). The number of aromatic nitrogens is 4. The third-order valence-corrected chi connectivity index (χ3v) is 7.68. The van der Waals surface area contributed by atoms with Crippen LogP contribution in [-0.2, 0) is 9.31 Å². The number of hydrogen-bond acceptors (Lipinski definition) is 9. The minimum absolute atomic E-state index is 0.351. The number of ether oxygens (including phenoxy) is 1. The van der Waals surface area contributed by atoms with Gasteiger partial charge in [0.25, 0.3) is 5.91 Å². The van der Waals surface area contributed by atoms with E-state index >= 15 is 0 Å². The van der Waals surface area contributed by atoms with Gasteiger partial charge in [0.2, 0.25) is 0 Å². The van der Waals surface area contributed by atoms with Gasteiger partial charge in [0.05, 0.1) is 29.5 Å². The van der Waals surface area contributed by atoms with Crippen LogP contribution in [0, 0.1) is 6.92 Å². The van der Waals surface area contributed by atoms with Crippen molar-refractivity contribution in [2.24, 2.45) is 0 Å². The largest absolute Gasteiger partial charge is 0.516 e. The molecule has 1 aromatic carbocycles. The Morgan fingerprint density at radius 1 is 1.05 bits per heavy atom. The summed E-state index contributed by atoms with van der Waals surface area (Å²) >= 11 is 7.46. The van der Waals surface area contributed by atoms with Gasteiger partial charge < -0.3 is 14.0 Å². The Labute approximate surface area is 223 Å². The minimum Gasteiger partial charge on any atom is -0.496 e. The molecule has 9 nitrogen and oxygen atoms in total. The highest BCUT2D eigenvalue weighted by Crippen LogP contribution is 2.37. The van der Waals surface area contributed by atoms with Gasteiger partial charge in [-0.05, 0) is 58.9 Å². The highest BCUT2D eigenvalue weighted by molar-refractivity contribution is 7.21. The SMILES string of the molecule is COc1ccc(Cl)cc1-c1cc(C)ncc1C(=O)Nc1nc2ncc(B3OC(C)(C)C(C)(C)O3)nc2s1. The van der Waals surface area contributed by atoms with Crippen LogP contribution in [-0.4, -0.2) is 51.3 Å². The summed E-state index contributed by atoms with van der Waals surface area (Å²) in [5.41, 5.74) is 2.40. The predicted molar refractivity (Wildman–Crippen MR) is 145 cm³/mol. The molecular formula is C25H25BClN5O4S. The second-order valence-electron chi connectivity index (χ2n) is 9.70. The lowest BCUT2D eigenvalue weighted by Crippen LogP contribution is -2.41. The van der Waals surface area contributed by atoms with Crippen LogP contribution < -0.4 is 15.6 Å². The van der Waals surface area contributed by atoms with Gasteiger partial charge in [-0.15, -0.1) is 0 Å². The zero-order chi connectivity index (χ0) is 26.5. The van der Waals surface area contributed by atoms with Crippen molar-refractivity contribution in [2.75, 3.05) is 12.4 Å². The molecule has 12 heteroatoms. The number of fused-ring (bicyclic) bond motifs is 1. The number of amides is 1. The summed E-state index contributed by atoms with van der Waals surface area (Å²) in [5, 5.41) is 3.74. The molecule has 3 aromatic heterocycles. The highest BCUT2D eigenvalue weighted by Gasteiger charge is 2.52. The second kappa shape index (κ2) is 9.32. The average molecular weight is 538 g/mol. The molecule has 1 fully saturated rings. The lowest BCUT2D eigenvalue weighted by atomic mass is 9.85. The number of nitrogens with one attached hydrogen (secondary N) is 1. The Hall–Kier alpha value is -3.12. The zero-order valence-corrected chi connectivity index (χ0v) is 22.8. The van der Waals surface area contributed by atoms with Gasteiger partial charge >= 0.3 is 7.12 Å². The maximum absolute atomic E-state index is 13.4. The monoisotopic (exact) mass is 537 g/mol. The fourth-order valence-corrected chi connectivity index (χ4v) is 4.86. The number of thiazole rings is 1. The normalized spacial score (nSPS) is 16.2. The number of methoxy groups -OCH3 is 1. The fraction of sp³-hybridized carbons (Fsp3) is 0.320. The first-order valence-corrected chi connectivity index (χ1v) is 12.8. The molecular weight excluding hydrogens is 513 g/mol. The van der Waals surface area contributed by atoms with Gasteiger partial charge in [0.15, 0.2) is 15.6 Å². The van der Waals surface area contributed by atoms with Crippen LogP contribution in [0.25, 0.3) is 21.6 Å². The molecule has 0 spiro atoms. The quantitative estimate of drug-likeness (QED) is 0.366. The predicted octanol–water partition coefficient (Wildman–Crippen LogP) is 4.67. The van der Waals surface area contributed by atoms with Gasteiger partial charge in [-0.2, -0.15) is 4.98 Å². The Morgan fingerprint density at radius 3 is 2.49 bits per heavy atom. The van der Waals surface area contributed by atoms with Gasteiger partial charge in [0.1, 0.15) is 5.75 Å². The molecule has 0 radical (unpaired) electrons. The number of hydrogen-bond donors (Lipinski definition) is 1. The number of aryl methyl sites for hydroxylation is 1. The molecule has 0 saturated carbocycles. The summed E-state index contributed by atoms with van der Waals surface area (Å²) < 4.78 is 17.7. The molecule has 1 aliphatic rings. The smallest absolute Gasteiger partial charge is 0.496 e. The minimum atomic E-state index is -0.643. The topological polar surface area (TPSA) is 108 Å². The molecule has 1 aliphatic heterocycles. The van der Waals surface area contributed by atoms with Crippen LogP contribution in [0.4, 0.5) is 5.13 Å². The fourth-order valence-electron chi connectivity index (χ4n) is 3.88. The molecule has 37 heavy (non-hydrogen) atoms. The van der Waals surface area contributed by atoms with Crippen molar-refractivity contribution in [1.29, 1.82) is 0 Å². The van der Waals surface area contributed by atoms with Crippen molar-refractivity contribution in [3.05, 3.63) is 52.9 Å². The first kappa shape index (κ1) is 25.5. The van der Waals surface area contributed by atoms with Gasteiger partial charge in [0, 0.05) is 34.2 Å². The van der Waals surface area contributed by atoms with E-state index in [1.807, 2.05) is 40.7 Å².